The number of rotatable bonds is 4. The smallest absolute Gasteiger partial charge is 0.150 e. The zero-order valence-corrected chi connectivity index (χ0v) is 12.2. The van der Waals surface area contributed by atoms with Gasteiger partial charge in [0.05, 0.1) is 0 Å². The Morgan fingerprint density at radius 2 is 1.85 bits per heavy atom. The van der Waals surface area contributed by atoms with E-state index in [2.05, 4.69) is 27.4 Å². The van der Waals surface area contributed by atoms with Crippen LogP contribution >= 0.6 is 23.2 Å². The van der Waals surface area contributed by atoms with Crippen molar-refractivity contribution < 1.29 is 0 Å². The third-order valence-corrected chi connectivity index (χ3v) is 4.35. The van der Waals surface area contributed by atoms with Gasteiger partial charge in [-0.15, -0.1) is 0 Å². The van der Waals surface area contributed by atoms with Crippen molar-refractivity contribution >= 4 is 34.8 Å². The second-order valence-electron chi connectivity index (χ2n) is 5.06. The summed E-state index contributed by atoms with van der Waals surface area (Å²) >= 11 is 12.0. The van der Waals surface area contributed by atoms with Crippen molar-refractivity contribution in [1.82, 2.24) is 9.97 Å². The fourth-order valence-electron chi connectivity index (χ4n) is 2.28. The number of halogens is 2. The maximum Gasteiger partial charge on any atom is 0.150 e. The molecule has 0 aliphatic heterocycles. The van der Waals surface area contributed by atoms with E-state index in [9.17, 15) is 0 Å². The number of nitrogens with one attached hydrogen (secondary N) is 1. The lowest BCUT2D eigenvalue weighted by Gasteiger charge is -2.17. The summed E-state index contributed by atoms with van der Waals surface area (Å²) in [5.74, 6) is 0.875. The van der Waals surface area contributed by atoms with Gasteiger partial charge in [0.25, 0.3) is 0 Å². The molecule has 0 radical (unpaired) electrons. The van der Waals surface area contributed by atoms with E-state index in [4.69, 9.17) is 28.9 Å². The maximum atomic E-state index is 6.08. The summed E-state index contributed by atoms with van der Waals surface area (Å²) in [6, 6.07) is 8.00. The van der Waals surface area contributed by atoms with Crippen LogP contribution in [0.1, 0.15) is 18.4 Å². The van der Waals surface area contributed by atoms with Crippen molar-refractivity contribution in [1.29, 1.82) is 0 Å². The van der Waals surface area contributed by atoms with Crippen LogP contribution in [0.3, 0.4) is 0 Å². The van der Waals surface area contributed by atoms with E-state index in [-0.39, 0.29) is 5.41 Å². The van der Waals surface area contributed by atoms with Crippen LogP contribution in [0, 0.1) is 0 Å². The van der Waals surface area contributed by atoms with E-state index in [0.717, 1.165) is 24.4 Å². The quantitative estimate of drug-likeness (QED) is 0.907. The number of nitrogen functional groups attached to an aromatic ring is 1. The second kappa shape index (κ2) is 5.11. The molecule has 1 aliphatic carbocycles. The topological polar surface area (TPSA) is 63.8 Å². The molecule has 3 N–H and O–H groups in total. The average molecular weight is 309 g/mol. The van der Waals surface area contributed by atoms with Crippen LogP contribution in [-0.4, -0.2) is 16.5 Å². The minimum atomic E-state index is 0.146. The van der Waals surface area contributed by atoms with E-state index in [1.165, 1.54) is 11.9 Å². The average Bonchev–Trinajstić information content (AvgIpc) is 3.22. The lowest BCUT2D eigenvalue weighted by atomic mass is 9.96. The molecule has 1 aromatic heterocycles. The summed E-state index contributed by atoms with van der Waals surface area (Å²) in [6.07, 6.45) is 3.69. The van der Waals surface area contributed by atoms with Gasteiger partial charge in [-0.25, -0.2) is 9.97 Å². The van der Waals surface area contributed by atoms with Gasteiger partial charge < -0.3 is 11.1 Å². The lowest BCUT2D eigenvalue weighted by molar-refractivity contribution is 0.730. The van der Waals surface area contributed by atoms with Gasteiger partial charge in [0.2, 0.25) is 0 Å². The highest BCUT2D eigenvalue weighted by Gasteiger charge is 2.44. The minimum absolute atomic E-state index is 0.146. The number of hydrogen-bond acceptors (Lipinski definition) is 4. The molecule has 6 heteroatoms. The Hall–Kier alpha value is -1.52. The molecule has 1 fully saturated rings. The monoisotopic (exact) mass is 308 g/mol. The summed E-state index contributed by atoms with van der Waals surface area (Å²) in [4.78, 5) is 7.97. The fourth-order valence-corrected chi connectivity index (χ4v) is 2.57. The Kier molecular flexibility index (Phi) is 3.44. The SMILES string of the molecule is Nc1ncnc(NCC2(c3ccc(Cl)cc3)CC2)c1Cl. The molecule has 0 bridgehead atoms. The standard InChI is InChI=1S/C14H14Cl2N4/c15-10-3-1-9(2-4-10)14(5-6-14)7-18-13-11(16)12(17)19-8-20-13/h1-4,8H,5-7H2,(H3,17,18,19,20). The van der Waals surface area contributed by atoms with Crippen molar-refractivity contribution in [2.45, 2.75) is 18.3 Å². The van der Waals surface area contributed by atoms with Crippen molar-refractivity contribution in [2.75, 3.05) is 17.6 Å². The van der Waals surface area contributed by atoms with Gasteiger partial charge in [-0.2, -0.15) is 0 Å². The molecule has 0 saturated heterocycles. The third kappa shape index (κ3) is 2.53. The minimum Gasteiger partial charge on any atom is -0.382 e. The van der Waals surface area contributed by atoms with Crippen molar-refractivity contribution in [3.63, 3.8) is 0 Å². The lowest BCUT2D eigenvalue weighted by Crippen LogP contribution is -2.20. The molecule has 3 rings (SSSR count). The summed E-state index contributed by atoms with van der Waals surface area (Å²) in [5.41, 5.74) is 7.10. The second-order valence-corrected chi connectivity index (χ2v) is 5.88. The molecule has 1 heterocycles. The first-order chi connectivity index (χ1) is 9.61. The first-order valence-electron chi connectivity index (χ1n) is 6.37. The molecule has 0 spiro atoms. The van der Waals surface area contributed by atoms with Gasteiger partial charge in [0, 0.05) is 17.0 Å². The maximum absolute atomic E-state index is 6.08. The van der Waals surface area contributed by atoms with Crippen LogP contribution in [0.5, 0.6) is 0 Å². The Morgan fingerprint density at radius 1 is 1.15 bits per heavy atom. The molecular formula is C14H14Cl2N4. The zero-order valence-electron chi connectivity index (χ0n) is 10.7. The Balaban J connectivity index is 1.75. The highest BCUT2D eigenvalue weighted by molar-refractivity contribution is 6.35. The molecule has 104 valence electrons. The van der Waals surface area contributed by atoms with Gasteiger partial charge in [-0.05, 0) is 30.5 Å². The first kappa shape index (κ1) is 13.5. The summed E-state index contributed by atoms with van der Waals surface area (Å²) in [7, 11) is 0. The molecule has 4 nitrogen and oxygen atoms in total. The van der Waals surface area contributed by atoms with E-state index in [1.807, 2.05) is 12.1 Å². The number of nitrogens with zero attached hydrogens (tertiary/aromatic N) is 2. The summed E-state index contributed by atoms with van der Waals surface area (Å²) in [6.45, 7) is 0.769. The van der Waals surface area contributed by atoms with Gasteiger partial charge in [-0.1, -0.05) is 35.3 Å². The zero-order chi connectivity index (χ0) is 14.2. The van der Waals surface area contributed by atoms with Gasteiger partial charge in [0.15, 0.2) is 0 Å². The van der Waals surface area contributed by atoms with Crippen molar-refractivity contribution in [3.8, 4) is 0 Å². The first-order valence-corrected chi connectivity index (χ1v) is 7.12. The predicted molar refractivity (Wildman–Crippen MR) is 82.3 cm³/mol. The normalized spacial score (nSPS) is 15.9. The molecule has 0 unspecified atom stereocenters. The fraction of sp³-hybridized carbons (Fsp3) is 0.286. The molecule has 1 aliphatic rings. The Labute approximate surface area is 127 Å². The molecule has 2 aromatic rings. The van der Waals surface area contributed by atoms with Crippen LogP contribution in [0.25, 0.3) is 0 Å². The third-order valence-electron chi connectivity index (χ3n) is 3.72. The Bertz CT molecular complexity index is 624. The number of nitrogens with two attached hydrogens (primary N) is 1. The van der Waals surface area contributed by atoms with Crippen LogP contribution in [0.2, 0.25) is 10.0 Å². The van der Waals surface area contributed by atoms with Gasteiger partial charge >= 0.3 is 0 Å². The van der Waals surface area contributed by atoms with Crippen LogP contribution in [0.4, 0.5) is 11.6 Å². The van der Waals surface area contributed by atoms with E-state index in [1.54, 1.807) is 0 Å². The number of hydrogen-bond donors (Lipinski definition) is 2. The highest BCUT2D eigenvalue weighted by Crippen LogP contribution is 2.48. The molecule has 0 atom stereocenters. The predicted octanol–water partition coefficient (Wildman–Crippen LogP) is 3.51. The van der Waals surface area contributed by atoms with Crippen LogP contribution in [-0.2, 0) is 5.41 Å². The number of benzene rings is 1. The molecular weight excluding hydrogens is 295 g/mol. The molecule has 20 heavy (non-hydrogen) atoms. The number of aromatic nitrogens is 2. The van der Waals surface area contributed by atoms with E-state index >= 15 is 0 Å². The molecule has 1 aromatic carbocycles. The van der Waals surface area contributed by atoms with E-state index in [0.29, 0.717) is 16.7 Å². The molecule has 0 amide bonds. The van der Waals surface area contributed by atoms with Gasteiger partial charge in [0.1, 0.15) is 23.0 Å². The Morgan fingerprint density at radius 3 is 2.50 bits per heavy atom. The summed E-state index contributed by atoms with van der Waals surface area (Å²) in [5, 5.41) is 4.40. The van der Waals surface area contributed by atoms with Gasteiger partial charge in [-0.3, -0.25) is 0 Å². The van der Waals surface area contributed by atoms with Crippen LogP contribution < -0.4 is 11.1 Å². The highest BCUT2D eigenvalue weighted by atomic mass is 35.5. The molecule has 1 saturated carbocycles. The largest absolute Gasteiger partial charge is 0.382 e. The van der Waals surface area contributed by atoms with Crippen LogP contribution in [0.15, 0.2) is 30.6 Å². The van der Waals surface area contributed by atoms with Crippen molar-refractivity contribution in [2.24, 2.45) is 0 Å². The van der Waals surface area contributed by atoms with E-state index < -0.39 is 0 Å². The number of anilines is 2. The summed E-state index contributed by atoms with van der Waals surface area (Å²) < 4.78 is 0. The van der Waals surface area contributed by atoms with Crippen molar-refractivity contribution in [3.05, 3.63) is 46.2 Å².